The first-order valence-corrected chi connectivity index (χ1v) is 7.22. The van der Waals surface area contributed by atoms with Crippen molar-refractivity contribution < 1.29 is 18.7 Å². The van der Waals surface area contributed by atoms with Gasteiger partial charge < -0.3 is 9.47 Å². The highest BCUT2D eigenvalue weighted by atomic mass is 79.9. The van der Waals surface area contributed by atoms with Crippen LogP contribution in [-0.4, -0.2) is 12.9 Å². The van der Waals surface area contributed by atoms with Crippen LogP contribution in [0.25, 0.3) is 0 Å². The van der Waals surface area contributed by atoms with E-state index < -0.39 is 0 Å². The highest BCUT2D eigenvalue weighted by Gasteiger charge is 2.08. The van der Waals surface area contributed by atoms with E-state index in [4.69, 9.17) is 9.47 Å². The fraction of sp³-hybridized carbons (Fsp3) is 0.188. The second kappa shape index (κ2) is 7.22. The van der Waals surface area contributed by atoms with Gasteiger partial charge in [0, 0.05) is 15.6 Å². The van der Waals surface area contributed by atoms with E-state index in [0.717, 1.165) is 11.8 Å². The van der Waals surface area contributed by atoms with Crippen molar-refractivity contribution in [3.05, 3.63) is 57.8 Å². The Morgan fingerprint density at radius 1 is 1.14 bits per heavy atom. The van der Waals surface area contributed by atoms with Crippen molar-refractivity contribution in [3.63, 3.8) is 0 Å². The number of benzene rings is 2. The van der Waals surface area contributed by atoms with Gasteiger partial charge in [-0.05, 0) is 37.3 Å². The predicted octanol–water partition coefficient (Wildman–Crippen LogP) is 4.38. The zero-order chi connectivity index (χ0) is 15.2. The summed E-state index contributed by atoms with van der Waals surface area (Å²) in [4.78, 5) is 10.8. The SMILES string of the molecule is CCOc1cc(C=O)ccc1OCc1ccc(F)cc1Br. The molecule has 5 heteroatoms. The Balaban J connectivity index is 2.17. The molecule has 0 fully saturated rings. The van der Waals surface area contributed by atoms with Crippen LogP contribution in [0.1, 0.15) is 22.8 Å². The summed E-state index contributed by atoms with van der Waals surface area (Å²) in [5, 5.41) is 0. The summed E-state index contributed by atoms with van der Waals surface area (Å²) in [5.74, 6) is 0.745. The molecule has 0 saturated heterocycles. The van der Waals surface area contributed by atoms with E-state index in [-0.39, 0.29) is 12.4 Å². The Morgan fingerprint density at radius 3 is 2.62 bits per heavy atom. The van der Waals surface area contributed by atoms with E-state index in [2.05, 4.69) is 15.9 Å². The molecular formula is C16H14BrFO3. The van der Waals surface area contributed by atoms with Crippen molar-refractivity contribution in [2.24, 2.45) is 0 Å². The Hall–Kier alpha value is -1.88. The molecule has 0 aliphatic rings. The van der Waals surface area contributed by atoms with Crippen molar-refractivity contribution in [1.82, 2.24) is 0 Å². The highest BCUT2D eigenvalue weighted by molar-refractivity contribution is 9.10. The molecule has 2 aromatic carbocycles. The van der Waals surface area contributed by atoms with Crippen LogP contribution in [0.15, 0.2) is 40.9 Å². The zero-order valence-corrected chi connectivity index (χ0v) is 13.0. The number of ether oxygens (including phenoxy) is 2. The van der Waals surface area contributed by atoms with Gasteiger partial charge in [0.05, 0.1) is 6.61 Å². The highest BCUT2D eigenvalue weighted by Crippen LogP contribution is 2.29. The lowest BCUT2D eigenvalue weighted by molar-refractivity contribution is 0.112. The topological polar surface area (TPSA) is 35.5 Å². The van der Waals surface area contributed by atoms with Gasteiger partial charge in [-0.3, -0.25) is 4.79 Å². The molecule has 0 heterocycles. The van der Waals surface area contributed by atoms with Gasteiger partial charge in [-0.1, -0.05) is 22.0 Å². The average Bonchev–Trinajstić information content (AvgIpc) is 2.47. The third-order valence-electron chi connectivity index (χ3n) is 2.80. The number of aldehydes is 1. The van der Waals surface area contributed by atoms with Crippen LogP contribution >= 0.6 is 15.9 Å². The van der Waals surface area contributed by atoms with Gasteiger partial charge in [0.1, 0.15) is 18.7 Å². The maximum atomic E-state index is 13.0. The minimum atomic E-state index is -0.309. The summed E-state index contributed by atoms with van der Waals surface area (Å²) in [5.41, 5.74) is 1.34. The van der Waals surface area contributed by atoms with Crippen molar-refractivity contribution in [3.8, 4) is 11.5 Å². The fourth-order valence-electron chi connectivity index (χ4n) is 1.78. The minimum Gasteiger partial charge on any atom is -0.490 e. The molecule has 21 heavy (non-hydrogen) atoms. The molecule has 0 atom stereocenters. The molecule has 110 valence electrons. The maximum absolute atomic E-state index is 13.0. The molecule has 0 radical (unpaired) electrons. The molecule has 3 nitrogen and oxygen atoms in total. The number of rotatable bonds is 6. The summed E-state index contributed by atoms with van der Waals surface area (Å²) >= 11 is 3.30. The summed E-state index contributed by atoms with van der Waals surface area (Å²) in [6.07, 6.45) is 0.753. The summed E-state index contributed by atoms with van der Waals surface area (Å²) in [6, 6.07) is 9.39. The Labute approximate surface area is 130 Å². The zero-order valence-electron chi connectivity index (χ0n) is 11.4. The van der Waals surface area contributed by atoms with Crippen LogP contribution in [-0.2, 0) is 6.61 Å². The van der Waals surface area contributed by atoms with Gasteiger partial charge in [0.25, 0.3) is 0 Å². The smallest absolute Gasteiger partial charge is 0.161 e. The second-order valence-electron chi connectivity index (χ2n) is 4.28. The second-order valence-corrected chi connectivity index (χ2v) is 5.14. The van der Waals surface area contributed by atoms with Gasteiger partial charge in [-0.2, -0.15) is 0 Å². The third kappa shape index (κ3) is 4.04. The number of halogens is 2. The molecule has 0 aliphatic heterocycles. The van der Waals surface area contributed by atoms with Crippen molar-refractivity contribution in [2.45, 2.75) is 13.5 Å². The van der Waals surface area contributed by atoms with Gasteiger partial charge in [-0.25, -0.2) is 4.39 Å². The molecule has 2 rings (SSSR count). The maximum Gasteiger partial charge on any atom is 0.161 e. The molecular weight excluding hydrogens is 339 g/mol. The van der Waals surface area contributed by atoms with Crippen LogP contribution < -0.4 is 9.47 Å². The Morgan fingerprint density at radius 2 is 1.95 bits per heavy atom. The normalized spacial score (nSPS) is 10.2. The van der Waals surface area contributed by atoms with Crippen LogP contribution in [0.2, 0.25) is 0 Å². The molecule has 0 aliphatic carbocycles. The van der Waals surface area contributed by atoms with Crippen LogP contribution in [0.3, 0.4) is 0 Å². The number of carbonyl (C=O) groups is 1. The summed E-state index contributed by atoms with van der Waals surface area (Å²) < 4.78 is 24.8. The van der Waals surface area contributed by atoms with Crippen molar-refractivity contribution in [2.75, 3.05) is 6.61 Å². The first-order chi connectivity index (χ1) is 10.1. The number of hydrogen-bond acceptors (Lipinski definition) is 3. The largest absolute Gasteiger partial charge is 0.490 e. The monoisotopic (exact) mass is 352 g/mol. The molecule has 2 aromatic rings. The third-order valence-corrected chi connectivity index (χ3v) is 3.54. The molecule has 0 unspecified atom stereocenters. The van der Waals surface area contributed by atoms with Gasteiger partial charge in [-0.15, -0.1) is 0 Å². The number of carbonyl (C=O) groups excluding carboxylic acids is 1. The van der Waals surface area contributed by atoms with E-state index in [0.29, 0.717) is 28.1 Å². The lowest BCUT2D eigenvalue weighted by atomic mass is 10.2. The molecule has 0 N–H and O–H groups in total. The lowest BCUT2D eigenvalue weighted by Crippen LogP contribution is -2.01. The van der Waals surface area contributed by atoms with E-state index in [1.54, 1.807) is 24.3 Å². The first-order valence-electron chi connectivity index (χ1n) is 6.42. The van der Waals surface area contributed by atoms with E-state index in [1.807, 2.05) is 6.92 Å². The number of hydrogen-bond donors (Lipinski definition) is 0. The van der Waals surface area contributed by atoms with E-state index in [1.165, 1.54) is 12.1 Å². The standard InChI is InChI=1S/C16H14BrFO3/c1-2-20-16-7-11(9-19)3-6-15(16)21-10-12-4-5-13(18)8-14(12)17/h3-9H,2,10H2,1H3. The molecule has 0 amide bonds. The van der Waals surface area contributed by atoms with Crippen LogP contribution in [0.4, 0.5) is 4.39 Å². The van der Waals surface area contributed by atoms with E-state index >= 15 is 0 Å². The van der Waals surface area contributed by atoms with Gasteiger partial charge in [0.15, 0.2) is 11.5 Å². The molecule has 0 spiro atoms. The van der Waals surface area contributed by atoms with Crippen molar-refractivity contribution >= 4 is 22.2 Å². The van der Waals surface area contributed by atoms with Gasteiger partial charge >= 0.3 is 0 Å². The van der Waals surface area contributed by atoms with Crippen LogP contribution in [0.5, 0.6) is 11.5 Å². The van der Waals surface area contributed by atoms with Crippen LogP contribution in [0, 0.1) is 5.82 Å². The first kappa shape index (κ1) is 15.5. The molecule has 0 aromatic heterocycles. The fourth-order valence-corrected chi connectivity index (χ4v) is 2.25. The Kier molecular flexibility index (Phi) is 5.33. The minimum absolute atomic E-state index is 0.265. The van der Waals surface area contributed by atoms with Crippen molar-refractivity contribution in [1.29, 1.82) is 0 Å². The lowest BCUT2D eigenvalue weighted by Gasteiger charge is -2.13. The van der Waals surface area contributed by atoms with Gasteiger partial charge in [0.2, 0.25) is 0 Å². The summed E-state index contributed by atoms with van der Waals surface area (Å²) in [7, 11) is 0. The Bertz CT molecular complexity index is 643. The average molecular weight is 353 g/mol. The summed E-state index contributed by atoms with van der Waals surface area (Å²) in [6.45, 7) is 2.59. The van der Waals surface area contributed by atoms with E-state index in [9.17, 15) is 9.18 Å². The molecule has 0 bridgehead atoms. The quantitative estimate of drug-likeness (QED) is 0.723. The predicted molar refractivity (Wildman–Crippen MR) is 81.4 cm³/mol. The molecule has 0 saturated carbocycles.